The highest BCUT2D eigenvalue weighted by Gasteiger charge is 2.11. The van der Waals surface area contributed by atoms with Gasteiger partial charge in [0.15, 0.2) is 5.82 Å². The number of rotatable bonds is 17. The fourth-order valence-electron chi connectivity index (χ4n) is 3.96. The number of phenols is 1. The maximum Gasteiger partial charge on any atom is 0.167 e. The molecule has 0 saturated carbocycles. The summed E-state index contributed by atoms with van der Waals surface area (Å²) >= 11 is 0. The molecule has 1 aromatic carbocycles. The van der Waals surface area contributed by atoms with Gasteiger partial charge in [0.1, 0.15) is 17.4 Å². The number of aryl methyl sites for hydroxylation is 2. The van der Waals surface area contributed by atoms with Crippen LogP contribution >= 0.6 is 0 Å². The Bertz CT molecular complexity index is 696. The molecule has 0 aliphatic heterocycles. The predicted molar refractivity (Wildman–Crippen MR) is 130 cm³/mol. The standard InChI is InChI=1S/C27H43N3O/c1-3-5-7-9-11-13-15-21-25-28-26(22-16-14-12-10-8-6-4-2)30-27(29-25)23-19-17-18-20-24(23)31/h17-20,31H,3-16,21-22H2,1-2H3. The van der Waals surface area contributed by atoms with E-state index in [-0.39, 0.29) is 5.75 Å². The van der Waals surface area contributed by atoms with Crippen LogP contribution in [0.3, 0.4) is 0 Å². The number of hydrogen-bond acceptors (Lipinski definition) is 4. The summed E-state index contributed by atoms with van der Waals surface area (Å²) < 4.78 is 0. The molecule has 2 rings (SSSR count). The summed E-state index contributed by atoms with van der Waals surface area (Å²) in [5.41, 5.74) is 0.700. The van der Waals surface area contributed by atoms with Crippen molar-refractivity contribution in [1.29, 1.82) is 0 Å². The van der Waals surface area contributed by atoms with Gasteiger partial charge in [-0.1, -0.05) is 103 Å². The summed E-state index contributed by atoms with van der Waals surface area (Å²) in [6.45, 7) is 4.51. The Morgan fingerprint density at radius 3 is 1.52 bits per heavy atom. The second-order valence-corrected chi connectivity index (χ2v) is 8.75. The van der Waals surface area contributed by atoms with Crippen molar-refractivity contribution in [1.82, 2.24) is 15.0 Å². The molecule has 172 valence electrons. The van der Waals surface area contributed by atoms with E-state index in [1.807, 2.05) is 18.2 Å². The first kappa shape index (κ1) is 25.3. The van der Waals surface area contributed by atoms with Crippen LogP contribution in [0.1, 0.15) is 115 Å². The molecule has 31 heavy (non-hydrogen) atoms. The Kier molecular flexibility index (Phi) is 12.9. The Balaban J connectivity index is 1.94. The first-order valence-electron chi connectivity index (χ1n) is 12.8. The van der Waals surface area contributed by atoms with Gasteiger partial charge in [-0.05, 0) is 25.0 Å². The van der Waals surface area contributed by atoms with E-state index < -0.39 is 0 Å². The third-order valence-corrected chi connectivity index (χ3v) is 5.88. The van der Waals surface area contributed by atoms with Crippen molar-refractivity contribution >= 4 is 0 Å². The average Bonchev–Trinajstić information content (AvgIpc) is 2.78. The topological polar surface area (TPSA) is 58.9 Å². The third kappa shape index (κ3) is 10.3. The maximum atomic E-state index is 10.3. The number of benzene rings is 1. The van der Waals surface area contributed by atoms with Crippen LogP contribution in [0.25, 0.3) is 11.4 Å². The zero-order valence-electron chi connectivity index (χ0n) is 19.9. The molecule has 2 aromatic rings. The van der Waals surface area contributed by atoms with Gasteiger partial charge in [-0.15, -0.1) is 0 Å². The molecule has 0 atom stereocenters. The second kappa shape index (κ2) is 15.8. The van der Waals surface area contributed by atoms with Crippen molar-refractivity contribution < 1.29 is 5.11 Å². The molecule has 0 bridgehead atoms. The summed E-state index contributed by atoms with van der Waals surface area (Å²) in [7, 11) is 0. The largest absolute Gasteiger partial charge is 0.507 e. The van der Waals surface area contributed by atoms with Gasteiger partial charge in [-0.3, -0.25) is 0 Å². The molecular weight excluding hydrogens is 382 g/mol. The molecule has 0 spiro atoms. The van der Waals surface area contributed by atoms with Crippen molar-refractivity contribution in [2.45, 2.75) is 117 Å². The number of hydrogen-bond donors (Lipinski definition) is 1. The van der Waals surface area contributed by atoms with Crippen LogP contribution in [0.4, 0.5) is 0 Å². The minimum atomic E-state index is 0.234. The first-order chi connectivity index (χ1) is 15.2. The molecule has 0 amide bonds. The maximum absolute atomic E-state index is 10.3. The molecule has 0 aliphatic rings. The predicted octanol–water partition coefficient (Wildman–Crippen LogP) is 7.83. The minimum absolute atomic E-state index is 0.234. The van der Waals surface area contributed by atoms with Crippen LogP contribution in [-0.4, -0.2) is 20.1 Å². The molecule has 1 heterocycles. The molecule has 1 aromatic heterocycles. The van der Waals surface area contributed by atoms with Crippen LogP contribution in [0.2, 0.25) is 0 Å². The molecule has 0 saturated heterocycles. The Morgan fingerprint density at radius 1 is 0.581 bits per heavy atom. The van der Waals surface area contributed by atoms with E-state index in [1.165, 1.54) is 77.0 Å². The van der Waals surface area contributed by atoms with E-state index >= 15 is 0 Å². The molecule has 0 radical (unpaired) electrons. The molecule has 0 unspecified atom stereocenters. The second-order valence-electron chi connectivity index (χ2n) is 8.75. The van der Waals surface area contributed by atoms with Gasteiger partial charge < -0.3 is 5.11 Å². The highest BCUT2D eigenvalue weighted by atomic mass is 16.3. The summed E-state index contributed by atoms with van der Waals surface area (Å²) in [6.07, 6.45) is 19.7. The van der Waals surface area contributed by atoms with E-state index in [1.54, 1.807) is 6.07 Å². The lowest BCUT2D eigenvalue weighted by atomic mass is 10.1. The van der Waals surface area contributed by atoms with Crippen LogP contribution in [0.5, 0.6) is 5.75 Å². The van der Waals surface area contributed by atoms with Gasteiger partial charge in [0.05, 0.1) is 5.56 Å². The smallest absolute Gasteiger partial charge is 0.167 e. The fraction of sp³-hybridized carbons (Fsp3) is 0.667. The van der Waals surface area contributed by atoms with E-state index in [0.717, 1.165) is 37.3 Å². The van der Waals surface area contributed by atoms with Gasteiger partial charge in [0.2, 0.25) is 0 Å². The van der Waals surface area contributed by atoms with Crippen LogP contribution in [0, 0.1) is 0 Å². The highest BCUT2D eigenvalue weighted by Crippen LogP contribution is 2.26. The summed E-state index contributed by atoms with van der Waals surface area (Å²) in [6, 6.07) is 7.34. The average molecular weight is 426 g/mol. The number of aromatic hydroxyl groups is 1. The van der Waals surface area contributed by atoms with Crippen LogP contribution in [0.15, 0.2) is 24.3 Å². The van der Waals surface area contributed by atoms with Crippen molar-refractivity contribution in [3.05, 3.63) is 35.9 Å². The molecule has 0 aliphatic carbocycles. The van der Waals surface area contributed by atoms with Gasteiger partial charge in [0, 0.05) is 12.8 Å². The zero-order chi connectivity index (χ0) is 22.2. The lowest BCUT2D eigenvalue weighted by Gasteiger charge is -2.09. The summed E-state index contributed by atoms with van der Waals surface area (Å²) in [5.74, 6) is 2.60. The minimum Gasteiger partial charge on any atom is -0.507 e. The molecule has 4 heteroatoms. The Hall–Kier alpha value is -1.97. The number of nitrogens with zero attached hydrogens (tertiary/aromatic N) is 3. The monoisotopic (exact) mass is 425 g/mol. The Labute approximate surface area is 190 Å². The van der Waals surface area contributed by atoms with Crippen molar-refractivity contribution in [3.8, 4) is 17.1 Å². The van der Waals surface area contributed by atoms with Crippen LogP contribution in [-0.2, 0) is 12.8 Å². The van der Waals surface area contributed by atoms with Gasteiger partial charge >= 0.3 is 0 Å². The van der Waals surface area contributed by atoms with Gasteiger partial charge in [-0.25, -0.2) is 15.0 Å². The Morgan fingerprint density at radius 2 is 1.03 bits per heavy atom. The van der Waals surface area contributed by atoms with E-state index in [2.05, 4.69) is 13.8 Å². The number of phenolic OH excluding ortho intramolecular Hbond substituents is 1. The lowest BCUT2D eigenvalue weighted by molar-refractivity contribution is 0.476. The van der Waals surface area contributed by atoms with Crippen molar-refractivity contribution in [2.75, 3.05) is 0 Å². The fourth-order valence-corrected chi connectivity index (χ4v) is 3.96. The van der Waals surface area contributed by atoms with Gasteiger partial charge in [0.25, 0.3) is 0 Å². The zero-order valence-corrected chi connectivity index (χ0v) is 19.9. The molecular formula is C27H43N3O. The highest BCUT2D eigenvalue weighted by molar-refractivity contribution is 5.63. The quantitative estimate of drug-likeness (QED) is 0.262. The molecule has 4 nitrogen and oxygen atoms in total. The first-order valence-corrected chi connectivity index (χ1v) is 12.8. The third-order valence-electron chi connectivity index (χ3n) is 5.88. The van der Waals surface area contributed by atoms with Crippen molar-refractivity contribution in [2.24, 2.45) is 0 Å². The van der Waals surface area contributed by atoms with Gasteiger partial charge in [-0.2, -0.15) is 0 Å². The number of aromatic nitrogens is 3. The lowest BCUT2D eigenvalue weighted by Crippen LogP contribution is -2.06. The number of unbranched alkanes of at least 4 members (excludes halogenated alkanes) is 12. The van der Waals surface area contributed by atoms with E-state index in [4.69, 9.17) is 15.0 Å². The van der Waals surface area contributed by atoms with E-state index in [0.29, 0.717) is 11.4 Å². The normalized spacial score (nSPS) is 11.2. The summed E-state index contributed by atoms with van der Waals surface area (Å²) in [4.78, 5) is 14.2. The van der Waals surface area contributed by atoms with Crippen molar-refractivity contribution in [3.63, 3.8) is 0 Å². The molecule has 1 N–H and O–H groups in total. The van der Waals surface area contributed by atoms with Crippen LogP contribution < -0.4 is 0 Å². The summed E-state index contributed by atoms with van der Waals surface area (Å²) in [5, 5.41) is 10.3. The van der Waals surface area contributed by atoms with E-state index in [9.17, 15) is 5.11 Å². The molecule has 0 fully saturated rings. The SMILES string of the molecule is CCCCCCCCCc1nc(CCCCCCCCC)nc(-c2ccccc2O)n1. The number of para-hydroxylation sites is 1.